The van der Waals surface area contributed by atoms with Crippen LogP contribution in [-0.4, -0.2) is 12.9 Å². The van der Waals surface area contributed by atoms with Gasteiger partial charge in [0.2, 0.25) is 0 Å². The van der Waals surface area contributed by atoms with Crippen LogP contribution >= 0.6 is 22.7 Å². The van der Waals surface area contributed by atoms with Gasteiger partial charge in [0.15, 0.2) is 17.3 Å². The molecule has 0 saturated carbocycles. The lowest BCUT2D eigenvalue weighted by atomic mass is 10.1. The van der Waals surface area contributed by atoms with Crippen LogP contribution in [0.25, 0.3) is 9.40 Å². The molecule has 0 unspecified atom stereocenters. The van der Waals surface area contributed by atoms with Crippen molar-refractivity contribution in [2.75, 3.05) is 7.11 Å². The van der Waals surface area contributed by atoms with Gasteiger partial charge in [-0.15, -0.1) is 22.7 Å². The highest BCUT2D eigenvalue weighted by Crippen LogP contribution is 2.30. The Labute approximate surface area is 123 Å². The lowest BCUT2D eigenvalue weighted by molar-refractivity contribution is 0.0997. The molecule has 1 aromatic carbocycles. The molecule has 5 heteroatoms. The van der Waals surface area contributed by atoms with Gasteiger partial charge < -0.3 is 4.74 Å². The van der Waals surface area contributed by atoms with E-state index >= 15 is 0 Å². The summed E-state index contributed by atoms with van der Waals surface area (Å²) in [7, 11) is 1.42. The molecular weight excluding hydrogens is 295 g/mol. The quantitative estimate of drug-likeness (QED) is 0.662. The molecule has 2 aromatic heterocycles. The van der Waals surface area contributed by atoms with Gasteiger partial charge in [0.05, 0.1) is 12.0 Å². The van der Waals surface area contributed by atoms with Gasteiger partial charge in [0, 0.05) is 15.8 Å². The molecule has 0 aliphatic heterocycles. The molecule has 20 heavy (non-hydrogen) atoms. The summed E-state index contributed by atoms with van der Waals surface area (Å²) in [6, 6.07) is 8.54. The van der Waals surface area contributed by atoms with Crippen LogP contribution in [0.5, 0.6) is 5.75 Å². The second-order valence-corrected chi connectivity index (χ2v) is 6.36. The normalized spacial score (nSPS) is 10.9. The number of hydrogen-bond donors (Lipinski definition) is 0. The molecule has 0 saturated heterocycles. The number of hydrogen-bond acceptors (Lipinski definition) is 4. The molecule has 2 heterocycles. The van der Waals surface area contributed by atoms with Gasteiger partial charge in [-0.25, -0.2) is 4.39 Å². The minimum Gasteiger partial charge on any atom is -0.494 e. The van der Waals surface area contributed by atoms with Crippen LogP contribution < -0.4 is 4.74 Å². The van der Waals surface area contributed by atoms with Gasteiger partial charge in [0.1, 0.15) is 0 Å². The molecule has 0 aliphatic rings. The van der Waals surface area contributed by atoms with Crippen molar-refractivity contribution in [3.05, 3.63) is 52.0 Å². The molecule has 0 radical (unpaired) electrons. The molecule has 0 amide bonds. The van der Waals surface area contributed by atoms with Crippen molar-refractivity contribution in [2.45, 2.75) is 6.42 Å². The maximum absolute atomic E-state index is 13.6. The largest absolute Gasteiger partial charge is 0.494 e. The number of Topliss-reactive ketones (excluding diaryl/α,β-unsaturated/α-hetero) is 1. The minimum atomic E-state index is -0.440. The van der Waals surface area contributed by atoms with E-state index in [-0.39, 0.29) is 18.0 Å². The third kappa shape index (κ3) is 2.46. The molecule has 0 aliphatic carbocycles. The summed E-state index contributed by atoms with van der Waals surface area (Å²) in [4.78, 5) is 12.9. The Kier molecular flexibility index (Phi) is 3.54. The molecule has 0 N–H and O–H groups in total. The van der Waals surface area contributed by atoms with Crippen molar-refractivity contribution < 1.29 is 13.9 Å². The van der Waals surface area contributed by atoms with E-state index in [2.05, 4.69) is 0 Å². The highest BCUT2D eigenvalue weighted by atomic mass is 32.1. The van der Waals surface area contributed by atoms with Crippen LogP contribution in [-0.2, 0) is 6.42 Å². The first kappa shape index (κ1) is 13.3. The predicted octanol–water partition coefficient (Wildman–Crippen LogP) is 4.54. The van der Waals surface area contributed by atoms with E-state index in [4.69, 9.17) is 4.74 Å². The fourth-order valence-corrected chi connectivity index (χ4v) is 4.04. The van der Waals surface area contributed by atoms with E-state index in [1.807, 2.05) is 17.5 Å². The van der Waals surface area contributed by atoms with Crippen molar-refractivity contribution in [1.82, 2.24) is 0 Å². The van der Waals surface area contributed by atoms with Gasteiger partial charge in [-0.3, -0.25) is 4.79 Å². The monoisotopic (exact) mass is 306 g/mol. The second kappa shape index (κ2) is 5.34. The van der Waals surface area contributed by atoms with Crippen molar-refractivity contribution in [2.24, 2.45) is 0 Å². The van der Waals surface area contributed by atoms with E-state index in [9.17, 15) is 9.18 Å². The number of ether oxygens (including phenoxy) is 1. The van der Waals surface area contributed by atoms with Crippen LogP contribution in [0.4, 0.5) is 4.39 Å². The van der Waals surface area contributed by atoms with Crippen molar-refractivity contribution >= 4 is 37.9 Å². The fraction of sp³-hybridized carbons (Fsp3) is 0.133. The molecule has 0 bridgehead atoms. The average Bonchev–Trinajstić information content (AvgIpc) is 2.99. The molecule has 0 atom stereocenters. The summed E-state index contributed by atoms with van der Waals surface area (Å²) in [5.41, 5.74) is 0.657. The van der Waals surface area contributed by atoms with E-state index in [1.165, 1.54) is 24.5 Å². The summed E-state index contributed by atoms with van der Waals surface area (Å²) >= 11 is 3.11. The van der Waals surface area contributed by atoms with Crippen LogP contribution in [0, 0.1) is 5.82 Å². The zero-order valence-electron chi connectivity index (χ0n) is 10.7. The zero-order valence-corrected chi connectivity index (χ0v) is 12.3. The van der Waals surface area contributed by atoms with Crippen LogP contribution in [0.15, 0.2) is 35.7 Å². The van der Waals surface area contributed by atoms with E-state index in [0.717, 1.165) is 14.3 Å². The second-order valence-electron chi connectivity index (χ2n) is 4.33. The molecule has 0 fully saturated rings. The first-order valence-electron chi connectivity index (χ1n) is 6.00. The number of carbonyl (C=O) groups excluding carboxylic acids is 1. The van der Waals surface area contributed by atoms with E-state index in [0.29, 0.717) is 5.56 Å². The summed E-state index contributed by atoms with van der Waals surface area (Å²) in [6.07, 6.45) is 0.203. The van der Waals surface area contributed by atoms with Crippen LogP contribution in [0.1, 0.15) is 15.2 Å². The van der Waals surface area contributed by atoms with Crippen molar-refractivity contribution in [3.8, 4) is 5.75 Å². The van der Waals surface area contributed by atoms with Crippen molar-refractivity contribution in [1.29, 1.82) is 0 Å². The Hall–Kier alpha value is -1.72. The number of methoxy groups -OCH3 is 1. The third-order valence-corrected chi connectivity index (χ3v) is 5.13. The number of fused-ring (bicyclic) bond motifs is 1. The Morgan fingerprint density at radius 3 is 2.80 bits per heavy atom. The Bertz CT molecular complexity index is 745. The highest BCUT2D eigenvalue weighted by Gasteiger charge is 2.13. The highest BCUT2D eigenvalue weighted by molar-refractivity contribution is 7.27. The maximum Gasteiger partial charge on any atom is 0.177 e. The average molecular weight is 306 g/mol. The number of halogens is 1. The summed E-state index contributed by atoms with van der Waals surface area (Å²) in [5.74, 6) is -0.231. The number of thiophene rings is 2. The Morgan fingerprint density at radius 1 is 1.25 bits per heavy atom. The number of carbonyl (C=O) groups is 1. The van der Waals surface area contributed by atoms with E-state index in [1.54, 1.807) is 23.5 Å². The Balaban J connectivity index is 1.81. The fourth-order valence-electron chi connectivity index (χ4n) is 2.00. The molecule has 102 valence electrons. The third-order valence-electron chi connectivity index (χ3n) is 3.00. The van der Waals surface area contributed by atoms with E-state index < -0.39 is 5.82 Å². The van der Waals surface area contributed by atoms with Gasteiger partial charge in [0.25, 0.3) is 0 Å². The van der Waals surface area contributed by atoms with Gasteiger partial charge >= 0.3 is 0 Å². The standard InChI is InChI=1S/C15H11FO2S2/c1-18-12-3-2-9(6-10(12)16)7-11(17)14-8-15-13(20-14)4-5-19-15/h2-6,8H,7H2,1H3. The van der Waals surface area contributed by atoms with Crippen LogP contribution in [0.3, 0.4) is 0 Å². The zero-order chi connectivity index (χ0) is 14.1. The Morgan fingerprint density at radius 2 is 2.10 bits per heavy atom. The molecular formula is C15H11FO2S2. The molecule has 3 aromatic rings. The summed E-state index contributed by atoms with van der Waals surface area (Å²) < 4.78 is 20.7. The summed E-state index contributed by atoms with van der Waals surface area (Å²) in [6.45, 7) is 0. The number of rotatable bonds is 4. The smallest absolute Gasteiger partial charge is 0.177 e. The molecule has 3 rings (SSSR count). The predicted molar refractivity (Wildman–Crippen MR) is 80.7 cm³/mol. The lowest BCUT2D eigenvalue weighted by Crippen LogP contribution is -2.02. The minimum absolute atomic E-state index is 0.0166. The SMILES string of the molecule is COc1ccc(CC(=O)c2cc3sccc3s2)cc1F. The van der Waals surface area contributed by atoms with Gasteiger partial charge in [-0.1, -0.05) is 6.07 Å². The van der Waals surface area contributed by atoms with Crippen LogP contribution in [0.2, 0.25) is 0 Å². The first-order chi connectivity index (χ1) is 9.67. The lowest BCUT2D eigenvalue weighted by Gasteiger charge is -2.04. The summed E-state index contributed by atoms with van der Waals surface area (Å²) in [5, 5.41) is 2.01. The number of benzene rings is 1. The first-order valence-corrected chi connectivity index (χ1v) is 7.69. The van der Waals surface area contributed by atoms with Gasteiger partial charge in [-0.05, 0) is 35.2 Å². The number of ketones is 1. The topological polar surface area (TPSA) is 26.3 Å². The maximum atomic E-state index is 13.6. The van der Waals surface area contributed by atoms with Gasteiger partial charge in [-0.2, -0.15) is 0 Å². The molecule has 2 nitrogen and oxygen atoms in total. The molecule has 0 spiro atoms. The van der Waals surface area contributed by atoms with Crippen molar-refractivity contribution in [3.63, 3.8) is 0 Å².